The Morgan fingerprint density at radius 2 is 2.33 bits per heavy atom. The minimum absolute atomic E-state index is 0.103. The van der Waals surface area contributed by atoms with Gasteiger partial charge in [-0.3, -0.25) is 4.79 Å². The number of rotatable bonds is 2. The number of H-pyrrole nitrogens is 1. The Hall–Kier alpha value is -0.770. The normalized spacial score (nSPS) is 18.7. The van der Waals surface area contributed by atoms with Crippen LogP contribution < -0.4 is 0 Å². The van der Waals surface area contributed by atoms with E-state index in [0.717, 1.165) is 24.0 Å². The molecule has 1 aliphatic heterocycles. The van der Waals surface area contributed by atoms with Crippen molar-refractivity contribution >= 4 is 21.8 Å². The molecular weight excluding hydrogens is 256 g/mol. The van der Waals surface area contributed by atoms with Crippen LogP contribution in [0.3, 0.4) is 0 Å². The Labute approximate surface area is 98.0 Å². The molecule has 0 aliphatic carbocycles. The summed E-state index contributed by atoms with van der Waals surface area (Å²) in [6, 6.07) is 1.82. The number of carbonyl (C=O) groups excluding carboxylic acids is 1. The van der Waals surface area contributed by atoms with Crippen LogP contribution in [-0.4, -0.2) is 28.9 Å². The molecule has 0 atom stereocenters. The van der Waals surface area contributed by atoms with Crippen molar-refractivity contribution in [2.75, 3.05) is 13.1 Å². The van der Waals surface area contributed by atoms with Gasteiger partial charge in [0.05, 0.1) is 0 Å². The molecule has 2 rings (SSSR count). The van der Waals surface area contributed by atoms with Crippen LogP contribution in [0.4, 0.5) is 0 Å². The fraction of sp³-hybridized carbons (Fsp3) is 0.545. The highest BCUT2D eigenvalue weighted by molar-refractivity contribution is 9.10. The lowest BCUT2D eigenvalue weighted by Crippen LogP contribution is -2.56. The van der Waals surface area contributed by atoms with Crippen molar-refractivity contribution in [2.45, 2.75) is 20.3 Å². The summed E-state index contributed by atoms with van der Waals surface area (Å²) in [5.41, 5.74) is 1.000. The summed E-state index contributed by atoms with van der Waals surface area (Å²) in [7, 11) is 0. The van der Waals surface area contributed by atoms with Crippen LogP contribution in [-0.2, 0) is 0 Å². The van der Waals surface area contributed by atoms with E-state index in [1.165, 1.54) is 0 Å². The highest BCUT2D eigenvalue weighted by atomic mass is 79.9. The van der Waals surface area contributed by atoms with Gasteiger partial charge in [0.2, 0.25) is 0 Å². The van der Waals surface area contributed by atoms with Crippen LogP contribution >= 0.6 is 15.9 Å². The van der Waals surface area contributed by atoms with E-state index in [1.54, 1.807) is 6.20 Å². The van der Waals surface area contributed by atoms with E-state index >= 15 is 0 Å². The highest BCUT2D eigenvalue weighted by Crippen LogP contribution is 2.33. The molecule has 1 aliphatic rings. The number of hydrogen-bond donors (Lipinski definition) is 1. The number of likely N-dealkylation sites (tertiary alicyclic amines) is 1. The van der Waals surface area contributed by atoms with Crippen molar-refractivity contribution in [3.05, 3.63) is 22.4 Å². The number of halogens is 1. The van der Waals surface area contributed by atoms with E-state index in [1.807, 2.05) is 11.0 Å². The van der Waals surface area contributed by atoms with Gasteiger partial charge in [0.1, 0.15) is 5.69 Å². The third kappa shape index (κ3) is 1.95. The second-order valence-corrected chi connectivity index (χ2v) is 5.47. The van der Waals surface area contributed by atoms with E-state index in [2.05, 4.69) is 34.8 Å². The molecule has 0 unspecified atom stereocenters. The summed E-state index contributed by atoms with van der Waals surface area (Å²) in [6.45, 7) is 6.15. The fourth-order valence-corrected chi connectivity index (χ4v) is 2.25. The lowest BCUT2D eigenvalue weighted by atomic mass is 9.79. The van der Waals surface area contributed by atoms with Gasteiger partial charge in [0.15, 0.2) is 0 Å². The van der Waals surface area contributed by atoms with Gasteiger partial charge < -0.3 is 9.88 Å². The summed E-state index contributed by atoms with van der Waals surface area (Å²) in [5.74, 6) is 0.103. The monoisotopic (exact) mass is 270 g/mol. The van der Waals surface area contributed by atoms with Gasteiger partial charge in [-0.25, -0.2) is 0 Å². The third-order valence-corrected chi connectivity index (χ3v) is 3.62. The predicted molar refractivity (Wildman–Crippen MR) is 62.8 cm³/mol. The van der Waals surface area contributed by atoms with Gasteiger partial charge in [0, 0.05) is 29.2 Å². The maximum atomic E-state index is 11.9. The molecule has 0 spiro atoms. The number of amides is 1. The van der Waals surface area contributed by atoms with E-state index in [9.17, 15) is 4.79 Å². The number of carbonyl (C=O) groups is 1. The first-order valence-corrected chi connectivity index (χ1v) is 5.96. The van der Waals surface area contributed by atoms with E-state index in [0.29, 0.717) is 11.1 Å². The number of nitrogens with zero attached hydrogens (tertiary/aromatic N) is 1. The first-order valence-electron chi connectivity index (χ1n) is 5.17. The lowest BCUT2D eigenvalue weighted by Gasteiger charge is -2.47. The molecule has 0 radical (unpaired) electrons. The summed E-state index contributed by atoms with van der Waals surface area (Å²) >= 11 is 3.32. The fourth-order valence-electron chi connectivity index (χ4n) is 1.90. The summed E-state index contributed by atoms with van der Waals surface area (Å²) < 4.78 is 0.921. The molecule has 15 heavy (non-hydrogen) atoms. The molecule has 1 aromatic rings. The molecular formula is C11H15BrN2O. The van der Waals surface area contributed by atoms with E-state index < -0.39 is 0 Å². The van der Waals surface area contributed by atoms with Crippen molar-refractivity contribution in [3.8, 4) is 0 Å². The van der Waals surface area contributed by atoms with Gasteiger partial charge >= 0.3 is 0 Å². The Balaban J connectivity index is 2.00. The molecule has 1 saturated heterocycles. The van der Waals surface area contributed by atoms with Crippen LogP contribution in [0.15, 0.2) is 16.7 Å². The molecule has 0 bridgehead atoms. The molecule has 4 heteroatoms. The second kappa shape index (κ2) is 3.67. The average molecular weight is 271 g/mol. The topological polar surface area (TPSA) is 36.1 Å². The van der Waals surface area contributed by atoms with Gasteiger partial charge in [0.25, 0.3) is 5.91 Å². The van der Waals surface area contributed by atoms with E-state index in [4.69, 9.17) is 0 Å². The van der Waals surface area contributed by atoms with E-state index in [-0.39, 0.29) is 5.91 Å². The van der Waals surface area contributed by atoms with Crippen molar-refractivity contribution in [1.29, 1.82) is 0 Å². The zero-order valence-corrected chi connectivity index (χ0v) is 10.6. The van der Waals surface area contributed by atoms with Gasteiger partial charge in [-0.05, 0) is 28.4 Å². The second-order valence-electron chi connectivity index (χ2n) is 4.56. The molecule has 1 N–H and O–H groups in total. The molecule has 1 amide bonds. The molecule has 2 heterocycles. The van der Waals surface area contributed by atoms with Crippen molar-refractivity contribution in [1.82, 2.24) is 9.88 Å². The van der Waals surface area contributed by atoms with Crippen molar-refractivity contribution in [3.63, 3.8) is 0 Å². The zero-order chi connectivity index (χ0) is 11.1. The average Bonchev–Trinajstić information content (AvgIpc) is 2.59. The zero-order valence-electron chi connectivity index (χ0n) is 9.01. The summed E-state index contributed by atoms with van der Waals surface area (Å²) in [5, 5.41) is 0. The molecule has 82 valence electrons. The Morgan fingerprint density at radius 1 is 1.67 bits per heavy atom. The van der Waals surface area contributed by atoms with Gasteiger partial charge in [-0.2, -0.15) is 0 Å². The minimum Gasteiger partial charge on any atom is -0.356 e. The Bertz CT molecular complexity index is 380. The number of nitrogens with one attached hydrogen (secondary N) is 1. The smallest absolute Gasteiger partial charge is 0.270 e. The molecule has 0 saturated carbocycles. The standard InChI is InChI=1S/C11H15BrN2O/c1-3-11(2)6-14(7-11)10(15)9-4-8(12)5-13-9/h4-5,13H,3,6-7H2,1-2H3. The maximum absolute atomic E-state index is 11.9. The van der Waals surface area contributed by atoms with Crippen LogP contribution in [0.2, 0.25) is 0 Å². The first kappa shape index (κ1) is 10.7. The summed E-state index contributed by atoms with van der Waals surface area (Å²) in [6.07, 6.45) is 2.91. The van der Waals surface area contributed by atoms with Crippen LogP contribution in [0.25, 0.3) is 0 Å². The van der Waals surface area contributed by atoms with Crippen LogP contribution in [0.5, 0.6) is 0 Å². The number of hydrogen-bond acceptors (Lipinski definition) is 1. The number of aromatic amines is 1. The predicted octanol–water partition coefficient (Wildman–Crippen LogP) is 2.65. The number of aromatic nitrogens is 1. The lowest BCUT2D eigenvalue weighted by molar-refractivity contribution is 0.0130. The van der Waals surface area contributed by atoms with Crippen molar-refractivity contribution in [2.24, 2.45) is 5.41 Å². The molecule has 1 fully saturated rings. The van der Waals surface area contributed by atoms with Gasteiger partial charge in [-0.15, -0.1) is 0 Å². The van der Waals surface area contributed by atoms with Crippen molar-refractivity contribution < 1.29 is 4.79 Å². The maximum Gasteiger partial charge on any atom is 0.270 e. The van der Waals surface area contributed by atoms with Crippen LogP contribution in [0, 0.1) is 5.41 Å². The SMILES string of the molecule is CCC1(C)CN(C(=O)c2cc(Br)c[nH]2)C1. The Morgan fingerprint density at radius 3 is 2.80 bits per heavy atom. The highest BCUT2D eigenvalue weighted by Gasteiger charge is 2.40. The summed E-state index contributed by atoms with van der Waals surface area (Å²) in [4.78, 5) is 16.8. The Kier molecular flexibility index (Phi) is 2.63. The largest absolute Gasteiger partial charge is 0.356 e. The first-order chi connectivity index (χ1) is 7.04. The van der Waals surface area contributed by atoms with Crippen LogP contribution in [0.1, 0.15) is 30.8 Å². The quantitative estimate of drug-likeness (QED) is 0.882. The third-order valence-electron chi connectivity index (χ3n) is 3.16. The molecule has 0 aromatic carbocycles. The molecule has 3 nitrogen and oxygen atoms in total. The van der Waals surface area contributed by atoms with Gasteiger partial charge in [-0.1, -0.05) is 13.8 Å². The minimum atomic E-state index is 0.103. The molecule has 1 aromatic heterocycles.